The molecule has 0 amide bonds. The second-order valence-electron chi connectivity index (χ2n) is 4.83. The van der Waals surface area contributed by atoms with Crippen molar-refractivity contribution in [2.45, 2.75) is 32.8 Å². The lowest BCUT2D eigenvalue weighted by Gasteiger charge is -2.10. The topological polar surface area (TPSA) is 26.2 Å². The number of hydrogen-bond acceptors (Lipinski definition) is 2. The van der Waals surface area contributed by atoms with Gasteiger partial charge in [0.15, 0.2) is 0 Å². The molecule has 1 aromatic heterocycles. The van der Waals surface area contributed by atoms with E-state index in [2.05, 4.69) is 17.0 Å². The van der Waals surface area contributed by atoms with Gasteiger partial charge in [-0.1, -0.05) is 19.1 Å². The van der Waals surface area contributed by atoms with E-state index in [0.717, 1.165) is 36.0 Å². The van der Waals surface area contributed by atoms with Crippen LogP contribution in [0.15, 0.2) is 30.5 Å². The van der Waals surface area contributed by atoms with Gasteiger partial charge in [-0.25, -0.2) is 0 Å². The van der Waals surface area contributed by atoms with Crippen LogP contribution in [0.2, 0.25) is 0 Å². The van der Waals surface area contributed by atoms with Crippen molar-refractivity contribution in [1.29, 1.82) is 0 Å². The lowest BCUT2D eigenvalue weighted by molar-refractivity contribution is -0.325. The highest BCUT2D eigenvalue weighted by molar-refractivity contribution is 5.83. The second kappa shape index (κ2) is 6.95. The molecule has 0 aliphatic carbocycles. The van der Waals surface area contributed by atoms with E-state index >= 15 is 0 Å². The molecule has 0 unspecified atom stereocenters. The number of aromatic nitrogens is 1. The minimum absolute atomic E-state index is 0.175. The predicted molar refractivity (Wildman–Crippen MR) is 75.9 cm³/mol. The molecule has 0 saturated heterocycles. The fraction of sp³-hybridized carbons (Fsp3) is 0.467. The van der Waals surface area contributed by atoms with Crippen molar-refractivity contribution < 1.29 is 17.9 Å². The third kappa shape index (κ3) is 4.47. The minimum Gasteiger partial charge on any atom is -0.345 e. The molecule has 0 saturated carbocycles. The Labute approximate surface area is 121 Å². The molecule has 0 radical (unpaired) electrons. The Morgan fingerprint density at radius 1 is 1.24 bits per heavy atom. The molecule has 1 heterocycles. The fourth-order valence-electron chi connectivity index (χ4n) is 2.30. The molecule has 0 aliphatic heterocycles. The van der Waals surface area contributed by atoms with Crippen LogP contribution in [0.3, 0.4) is 0 Å². The molecule has 2 aromatic rings. The van der Waals surface area contributed by atoms with Crippen molar-refractivity contribution >= 4 is 10.9 Å². The Morgan fingerprint density at radius 2 is 2.05 bits per heavy atom. The summed E-state index contributed by atoms with van der Waals surface area (Å²) in [6.45, 7) is 3.59. The second-order valence-corrected chi connectivity index (χ2v) is 4.83. The van der Waals surface area contributed by atoms with Crippen LogP contribution in [0.5, 0.6) is 0 Å². The third-order valence-electron chi connectivity index (χ3n) is 3.24. The van der Waals surface area contributed by atoms with Crippen LogP contribution in [0.25, 0.3) is 10.9 Å². The van der Waals surface area contributed by atoms with Crippen LogP contribution >= 0.6 is 0 Å². The maximum atomic E-state index is 12.0. The maximum absolute atomic E-state index is 12.0. The van der Waals surface area contributed by atoms with E-state index in [4.69, 9.17) is 0 Å². The standard InChI is InChI=1S/C15H19F3N2O/c1-2-7-19-11-12-4-3-5-14-13(12)6-8-20(14)9-10-21-15(16,17)18/h3-6,8,19H,2,7,9-11H2,1H3. The molecule has 0 fully saturated rings. The summed E-state index contributed by atoms with van der Waals surface area (Å²) in [6, 6.07) is 7.80. The lowest BCUT2D eigenvalue weighted by atomic mass is 10.1. The first-order chi connectivity index (χ1) is 10.0. The number of nitrogens with zero attached hydrogens (tertiary/aromatic N) is 1. The van der Waals surface area contributed by atoms with E-state index in [0.29, 0.717) is 0 Å². The van der Waals surface area contributed by atoms with Crippen molar-refractivity contribution in [3.8, 4) is 0 Å². The number of ether oxygens (including phenoxy) is 1. The number of alkyl halides is 3. The zero-order chi connectivity index (χ0) is 15.3. The summed E-state index contributed by atoms with van der Waals surface area (Å²) in [7, 11) is 0. The van der Waals surface area contributed by atoms with E-state index < -0.39 is 6.36 Å². The highest BCUT2D eigenvalue weighted by atomic mass is 19.4. The van der Waals surface area contributed by atoms with E-state index in [-0.39, 0.29) is 13.2 Å². The van der Waals surface area contributed by atoms with E-state index in [1.807, 2.05) is 24.3 Å². The highest BCUT2D eigenvalue weighted by Gasteiger charge is 2.28. The number of fused-ring (bicyclic) bond motifs is 1. The van der Waals surface area contributed by atoms with Gasteiger partial charge in [-0.05, 0) is 30.7 Å². The molecule has 1 N–H and O–H groups in total. The molecule has 3 nitrogen and oxygen atoms in total. The van der Waals surface area contributed by atoms with Crippen molar-refractivity contribution in [3.05, 3.63) is 36.0 Å². The van der Waals surface area contributed by atoms with Gasteiger partial charge in [-0.2, -0.15) is 0 Å². The fourth-order valence-corrected chi connectivity index (χ4v) is 2.30. The summed E-state index contributed by atoms with van der Waals surface area (Å²) < 4.78 is 41.6. The highest BCUT2D eigenvalue weighted by Crippen LogP contribution is 2.21. The largest absolute Gasteiger partial charge is 0.522 e. The summed E-state index contributed by atoms with van der Waals surface area (Å²) in [4.78, 5) is 0. The molecular formula is C15H19F3N2O. The number of rotatable bonds is 7. The van der Waals surface area contributed by atoms with Gasteiger partial charge < -0.3 is 9.88 Å². The first kappa shape index (κ1) is 15.9. The van der Waals surface area contributed by atoms with Gasteiger partial charge in [-0.3, -0.25) is 4.74 Å². The van der Waals surface area contributed by atoms with Crippen molar-refractivity contribution in [2.75, 3.05) is 13.2 Å². The van der Waals surface area contributed by atoms with Gasteiger partial charge in [0.25, 0.3) is 0 Å². The summed E-state index contributed by atoms with van der Waals surface area (Å²) >= 11 is 0. The van der Waals surface area contributed by atoms with Crippen molar-refractivity contribution in [3.63, 3.8) is 0 Å². The molecule has 1 aromatic carbocycles. The van der Waals surface area contributed by atoms with Crippen LogP contribution in [-0.2, 0) is 17.8 Å². The average molecular weight is 300 g/mol. The Morgan fingerprint density at radius 3 is 2.76 bits per heavy atom. The molecule has 2 rings (SSSR count). The maximum Gasteiger partial charge on any atom is 0.522 e. The number of nitrogens with one attached hydrogen (secondary N) is 1. The van der Waals surface area contributed by atoms with Crippen LogP contribution in [0.1, 0.15) is 18.9 Å². The smallest absolute Gasteiger partial charge is 0.345 e. The Kier molecular flexibility index (Phi) is 5.25. The molecule has 0 atom stereocenters. The third-order valence-corrected chi connectivity index (χ3v) is 3.24. The zero-order valence-electron chi connectivity index (χ0n) is 11.9. The average Bonchev–Trinajstić information content (AvgIpc) is 2.82. The van der Waals surface area contributed by atoms with Gasteiger partial charge in [0.05, 0.1) is 6.61 Å². The van der Waals surface area contributed by atoms with Gasteiger partial charge in [0.2, 0.25) is 0 Å². The monoisotopic (exact) mass is 300 g/mol. The van der Waals surface area contributed by atoms with E-state index in [1.165, 1.54) is 0 Å². The van der Waals surface area contributed by atoms with E-state index in [9.17, 15) is 13.2 Å². The lowest BCUT2D eigenvalue weighted by Crippen LogP contribution is -2.17. The SMILES string of the molecule is CCCNCc1cccc2c1ccn2CCOC(F)(F)F. The molecule has 6 heteroatoms. The quantitative estimate of drug-likeness (QED) is 0.790. The van der Waals surface area contributed by atoms with Gasteiger partial charge >= 0.3 is 6.36 Å². The molecule has 116 valence electrons. The first-order valence-electron chi connectivity index (χ1n) is 6.99. The Bertz CT molecular complexity index is 578. The molecule has 0 aliphatic rings. The first-order valence-corrected chi connectivity index (χ1v) is 6.99. The van der Waals surface area contributed by atoms with Crippen LogP contribution in [-0.4, -0.2) is 24.1 Å². The molecule has 0 bridgehead atoms. The van der Waals surface area contributed by atoms with Crippen LogP contribution in [0.4, 0.5) is 13.2 Å². The summed E-state index contributed by atoms with van der Waals surface area (Å²) in [5.41, 5.74) is 2.08. The zero-order valence-corrected chi connectivity index (χ0v) is 11.9. The van der Waals surface area contributed by atoms with Gasteiger partial charge in [0.1, 0.15) is 0 Å². The van der Waals surface area contributed by atoms with Gasteiger partial charge in [0, 0.05) is 30.2 Å². The minimum atomic E-state index is -4.57. The van der Waals surface area contributed by atoms with Crippen molar-refractivity contribution in [1.82, 2.24) is 9.88 Å². The number of halogens is 3. The van der Waals surface area contributed by atoms with E-state index in [1.54, 1.807) is 10.8 Å². The molecular weight excluding hydrogens is 281 g/mol. The Balaban J connectivity index is 2.07. The van der Waals surface area contributed by atoms with Crippen LogP contribution < -0.4 is 5.32 Å². The normalized spacial score (nSPS) is 12.2. The van der Waals surface area contributed by atoms with Crippen molar-refractivity contribution in [2.24, 2.45) is 0 Å². The molecule has 21 heavy (non-hydrogen) atoms. The van der Waals surface area contributed by atoms with Gasteiger partial charge in [-0.15, -0.1) is 13.2 Å². The predicted octanol–water partition coefficient (Wildman–Crippen LogP) is 3.68. The number of hydrogen-bond donors (Lipinski definition) is 1. The van der Waals surface area contributed by atoms with Crippen LogP contribution in [0, 0.1) is 0 Å². The Hall–Kier alpha value is -1.53. The summed E-state index contributed by atoms with van der Waals surface area (Å²) in [5, 5.41) is 4.40. The summed E-state index contributed by atoms with van der Waals surface area (Å²) in [5.74, 6) is 0. The summed E-state index contributed by atoms with van der Waals surface area (Å²) in [6.07, 6.45) is -1.71. The molecule has 0 spiro atoms. The number of benzene rings is 1.